The van der Waals surface area contributed by atoms with Crippen LogP contribution in [0.3, 0.4) is 0 Å². The van der Waals surface area contributed by atoms with Crippen LogP contribution >= 0.6 is 0 Å². The molecule has 2 aromatic carbocycles. The minimum absolute atomic E-state index is 0.286. The second-order valence-electron chi connectivity index (χ2n) is 4.40. The van der Waals surface area contributed by atoms with Crippen molar-refractivity contribution in [3.63, 3.8) is 0 Å². The Morgan fingerprint density at radius 3 is 2.70 bits per heavy atom. The number of aromatic nitrogens is 4. The Labute approximate surface area is 114 Å². The number of nitrogen functional groups attached to an aromatic ring is 1. The number of tetrazole rings is 1. The Morgan fingerprint density at radius 2 is 1.90 bits per heavy atom. The molecule has 0 atom stereocenters. The molecule has 2 N–H and O–H groups in total. The number of benzene rings is 2. The first-order chi connectivity index (χ1) is 9.68. The van der Waals surface area contributed by atoms with Gasteiger partial charge in [-0.3, -0.25) is 0 Å². The third-order valence-corrected chi connectivity index (χ3v) is 3.12. The topological polar surface area (TPSA) is 69.6 Å². The maximum atomic E-state index is 13.9. The van der Waals surface area contributed by atoms with Crippen molar-refractivity contribution in [2.24, 2.45) is 0 Å². The predicted molar refractivity (Wildman–Crippen MR) is 73.7 cm³/mol. The molecule has 0 aliphatic heterocycles. The quantitative estimate of drug-likeness (QED) is 0.725. The van der Waals surface area contributed by atoms with Crippen molar-refractivity contribution in [1.82, 2.24) is 20.2 Å². The van der Waals surface area contributed by atoms with E-state index in [9.17, 15) is 4.39 Å². The molecule has 1 aromatic heterocycles. The van der Waals surface area contributed by atoms with Gasteiger partial charge >= 0.3 is 0 Å². The number of nitrogens with zero attached hydrogens (tertiary/aromatic N) is 4. The lowest BCUT2D eigenvalue weighted by Gasteiger charge is -2.09. The molecule has 0 aliphatic carbocycles. The summed E-state index contributed by atoms with van der Waals surface area (Å²) >= 11 is 0. The standard InChI is InChI=1S/C14H12FN5/c1-9-5-4-6-10(13(9)16)14-17-18-19-20(14)12-8-3-2-7-11(12)15/h2-8H,16H2,1H3. The van der Waals surface area contributed by atoms with Gasteiger partial charge in [0.15, 0.2) is 5.82 Å². The normalized spacial score (nSPS) is 10.7. The minimum atomic E-state index is -0.396. The maximum Gasteiger partial charge on any atom is 0.189 e. The molecule has 20 heavy (non-hydrogen) atoms. The van der Waals surface area contributed by atoms with Crippen LogP contribution in [-0.4, -0.2) is 20.2 Å². The van der Waals surface area contributed by atoms with Crippen LogP contribution in [0.25, 0.3) is 17.1 Å². The molecule has 0 saturated heterocycles. The summed E-state index contributed by atoms with van der Waals surface area (Å²) in [5.41, 5.74) is 8.53. The van der Waals surface area contributed by atoms with Gasteiger partial charge in [0, 0.05) is 11.3 Å². The van der Waals surface area contributed by atoms with E-state index in [1.165, 1.54) is 10.7 Å². The third-order valence-electron chi connectivity index (χ3n) is 3.12. The number of hydrogen-bond donors (Lipinski definition) is 1. The molecule has 0 radical (unpaired) electrons. The highest BCUT2D eigenvalue weighted by atomic mass is 19.1. The summed E-state index contributed by atoms with van der Waals surface area (Å²) < 4.78 is 15.2. The molecule has 0 fully saturated rings. The molecule has 5 nitrogen and oxygen atoms in total. The van der Waals surface area contributed by atoms with Crippen molar-refractivity contribution in [2.75, 3.05) is 5.73 Å². The highest BCUT2D eigenvalue weighted by molar-refractivity contribution is 5.74. The van der Waals surface area contributed by atoms with Gasteiger partial charge in [0.2, 0.25) is 0 Å². The first-order valence-corrected chi connectivity index (χ1v) is 6.07. The van der Waals surface area contributed by atoms with E-state index in [4.69, 9.17) is 5.73 Å². The summed E-state index contributed by atoms with van der Waals surface area (Å²) in [4.78, 5) is 0. The number of anilines is 1. The Hall–Kier alpha value is -2.76. The van der Waals surface area contributed by atoms with Gasteiger partial charge < -0.3 is 5.73 Å². The molecule has 0 aliphatic rings. The molecule has 100 valence electrons. The van der Waals surface area contributed by atoms with Crippen LogP contribution in [0.5, 0.6) is 0 Å². The van der Waals surface area contributed by atoms with Gasteiger partial charge in [-0.2, -0.15) is 4.68 Å². The lowest BCUT2D eigenvalue weighted by atomic mass is 10.1. The van der Waals surface area contributed by atoms with Crippen LogP contribution in [0.4, 0.5) is 10.1 Å². The van der Waals surface area contributed by atoms with Crippen molar-refractivity contribution >= 4 is 5.69 Å². The van der Waals surface area contributed by atoms with E-state index in [0.717, 1.165) is 5.56 Å². The van der Waals surface area contributed by atoms with E-state index in [0.29, 0.717) is 17.1 Å². The number of hydrogen-bond acceptors (Lipinski definition) is 4. The Bertz CT molecular complexity index is 766. The second kappa shape index (κ2) is 4.73. The summed E-state index contributed by atoms with van der Waals surface area (Å²) in [5, 5.41) is 11.4. The Kier molecular flexibility index (Phi) is 2.90. The van der Waals surface area contributed by atoms with Crippen LogP contribution in [-0.2, 0) is 0 Å². The summed E-state index contributed by atoms with van der Waals surface area (Å²) in [5.74, 6) is 0.0172. The van der Waals surface area contributed by atoms with Gasteiger partial charge in [-0.15, -0.1) is 5.10 Å². The predicted octanol–water partition coefficient (Wildman–Crippen LogP) is 2.36. The zero-order valence-electron chi connectivity index (χ0n) is 10.8. The molecule has 3 aromatic rings. The van der Waals surface area contributed by atoms with Crippen molar-refractivity contribution in [3.05, 3.63) is 53.8 Å². The second-order valence-corrected chi connectivity index (χ2v) is 4.40. The highest BCUT2D eigenvalue weighted by Gasteiger charge is 2.16. The molecule has 0 saturated carbocycles. The van der Waals surface area contributed by atoms with Gasteiger partial charge in [-0.25, -0.2) is 4.39 Å². The molecule has 0 unspecified atom stereocenters. The summed E-state index contributed by atoms with van der Waals surface area (Å²) in [6, 6.07) is 11.9. The van der Waals surface area contributed by atoms with E-state index in [2.05, 4.69) is 15.5 Å². The molecule has 6 heteroatoms. The smallest absolute Gasteiger partial charge is 0.189 e. The SMILES string of the molecule is Cc1cccc(-c2nnnn2-c2ccccc2F)c1N. The number of aryl methyl sites for hydroxylation is 1. The van der Waals surface area contributed by atoms with E-state index in [1.54, 1.807) is 18.2 Å². The van der Waals surface area contributed by atoms with Crippen molar-refractivity contribution in [3.8, 4) is 17.1 Å². The van der Waals surface area contributed by atoms with Gasteiger partial charge in [0.05, 0.1) is 0 Å². The average molecular weight is 269 g/mol. The number of nitrogens with two attached hydrogens (primary N) is 1. The number of para-hydroxylation sites is 2. The molecule has 3 rings (SSSR count). The van der Waals surface area contributed by atoms with Gasteiger partial charge in [-0.1, -0.05) is 24.3 Å². The lowest BCUT2D eigenvalue weighted by Crippen LogP contribution is -2.04. The minimum Gasteiger partial charge on any atom is -0.398 e. The molecular weight excluding hydrogens is 257 g/mol. The van der Waals surface area contributed by atoms with Crippen LogP contribution in [0.2, 0.25) is 0 Å². The first-order valence-electron chi connectivity index (χ1n) is 6.07. The molecule has 0 spiro atoms. The summed E-state index contributed by atoms with van der Waals surface area (Å²) in [6.45, 7) is 1.90. The monoisotopic (exact) mass is 269 g/mol. The van der Waals surface area contributed by atoms with Crippen LogP contribution in [0, 0.1) is 12.7 Å². The fourth-order valence-corrected chi connectivity index (χ4v) is 2.02. The summed E-state index contributed by atoms with van der Waals surface area (Å²) in [6.07, 6.45) is 0. The Balaban J connectivity index is 2.21. The largest absolute Gasteiger partial charge is 0.398 e. The first kappa shape index (κ1) is 12.3. The van der Waals surface area contributed by atoms with Crippen LogP contribution in [0.15, 0.2) is 42.5 Å². The van der Waals surface area contributed by atoms with E-state index >= 15 is 0 Å². The molecular formula is C14H12FN5. The molecule has 0 bridgehead atoms. The summed E-state index contributed by atoms with van der Waals surface area (Å²) in [7, 11) is 0. The van der Waals surface area contributed by atoms with Gasteiger partial charge in [0.1, 0.15) is 11.5 Å². The van der Waals surface area contributed by atoms with Gasteiger partial charge in [-0.05, 0) is 41.1 Å². The molecule has 1 heterocycles. The van der Waals surface area contributed by atoms with Crippen LogP contribution in [0.1, 0.15) is 5.56 Å². The fourth-order valence-electron chi connectivity index (χ4n) is 2.02. The van der Waals surface area contributed by atoms with E-state index < -0.39 is 5.82 Å². The van der Waals surface area contributed by atoms with Crippen molar-refractivity contribution < 1.29 is 4.39 Å². The number of rotatable bonds is 2. The maximum absolute atomic E-state index is 13.9. The van der Waals surface area contributed by atoms with Crippen molar-refractivity contribution in [2.45, 2.75) is 6.92 Å². The van der Waals surface area contributed by atoms with E-state index in [1.807, 2.05) is 25.1 Å². The molecule has 0 amide bonds. The average Bonchev–Trinajstić information content (AvgIpc) is 2.91. The highest BCUT2D eigenvalue weighted by Crippen LogP contribution is 2.28. The zero-order valence-corrected chi connectivity index (χ0v) is 10.8. The van der Waals surface area contributed by atoms with Gasteiger partial charge in [0.25, 0.3) is 0 Å². The Morgan fingerprint density at radius 1 is 1.10 bits per heavy atom. The van der Waals surface area contributed by atoms with Crippen LogP contribution < -0.4 is 5.73 Å². The fraction of sp³-hybridized carbons (Fsp3) is 0.0714. The third kappa shape index (κ3) is 1.91. The lowest BCUT2D eigenvalue weighted by molar-refractivity contribution is 0.608. The van der Waals surface area contributed by atoms with Crippen molar-refractivity contribution in [1.29, 1.82) is 0 Å². The number of halogens is 1. The van der Waals surface area contributed by atoms with E-state index in [-0.39, 0.29) is 5.69 Å². The zero-order chi connectivity index (χ0) is 14.1.